The molecule has 122 valence electrons. The summed E-state index contributed by atoms with van der Waals surface area (Å²) < 4.78 is 1.87. The van der Waals surface area contributed by atoms with Crippen LogP contribution in [-0.4, -0.2) is 27.4 Å². The average Bonchev–Trinajstić information content (AvgIpc) is 3.10. The Kier molecular flexibility index (Phi) is 5.40. The summed E-state index contributed by atoms with van der Waals surface area (Å²) in [6, 6.07) is 10.7. The van der Waals surface area contributed by atoms with Crippen LogP contribution in [0, 0.1) is 0 Å². The first kappa shape index (κ1) is 15.7. The van der Waals surface area contributed by atoms with Crippen LogP contribution in [0.3, 0.4) is 0 Å². The molecule has 23 heavy (non-hydrogen) atoms. The van der Waals surface area contributed by atoms with Crippen LogP contribution in [0.2, 0.25) is 0 Å². The van der Waals surface area contributed by atoms with E-state index in [1.165, 1.54) is 24.8 Å². The van der Waals surface area contributed by atoms with Crippen LogP contribution in [0.15, 0.2) is 36.5 Å². The highest BCUT2D eigenvalue weighted by molar-refractivity contribution is 5.91. The summed E-state index contributed by atoms with van der Waals surface area (Å²) in [6.07, 6.45) is 9.75. The molecular formula is C18H24N4O. The lowest BCUT2D eigenvalue weighted by Gasteiger charge is -2.20. The van der Waals surface area contributed by atoms with Crippen molar-refractivity contribution in [2.45, 2.75) is 51.0 Å². The van der Waals surface area contributed by atoms with Crippen molar-refractivity contribution in [3.05, 3.63) is 47.8 Å². The van der Waals surface area contributed by atoms with E-state index in [1.54, 1.807) is 6.20 Å². The van der Waals surface area contributed by atoms with Crippen molar-refractivity contribution in [2.75, 3.05) is 6.54 Å². The van der Waals surface area contributed by atoms with Gasteiger partial charge in [0.05, 0.1) is 12.2 Å². The quantitative estimate of drug-likeness (QED) is 0.834. The molecule has 1 saturated carbocycles. The van der Waals surface area contributed by atoms with Gasteiger partial charge in [-0.25, -0.2) is 4.68 Å². The van der Waals surface area contributed by atoms with Crippen LogP contribution in [0.4, 0.5) is 0 Å². The molecule has 1 aliphatic rings. The zero-order valence-electron chi connectivity index (χ0n) is 13.4. The zero-order chi connectivity index (χ0) is 15.9. The van der Waals surface area contributed by atoms with E-state index < -0.39 is 0 Å². The van der Waals surface area contributed by atoms with E-state index >= 15 is 0 Å². The van der Waals surface area contributed by atoms with Gasteiger partial charge in [0.1, 0.15) is 0 Å². The minimum Gasteiger partial charge on any atom is -0.351 e. The number of carbonyl (C=O) groups is 1. The van der Waals surface area contributed by atoms with Crippen LogP contribution in [0.25, 0.3) is 0 Å². The largest absolute Gasteiger partial charge is 0.351 e. The lowest BCUT2D eigenvalue weighted by Crippen LogP contribution is -2.25. The Morgan fingerprint density at radius 1 is 1.17 bits per heavy atom. The number of aryl methyl sites for hydroxylation is 1. The summed E-state index contributed by atoms with van der Waals surface area (Å²) in [6.45, 7) is 0.657. The minimum atomic E-state index is -0.125. The molecule has 5 heteroatoms. The molecule has 0 atom stereocenters. The highest BCUT2D eigenvalue weighted by Crippen LogP contribution is 2.27. The number of hydrogen-bond acceptors (Lipinski definition) is 3. The SMILES string of the molecule is O=C(NCCCc1ccccc1)c1cn(C2CCCCC2)nn1. The van der Waals surface area contributed by atoms with E-state index in [4.69, 9.17) is 0 Å². The maximum absolute atomic E-state index is 12.1. The minimum absolute atomic E-state index is 0.125. The lowest BCUT2D eigenvalue weighted by molar-refractivity contribution is 0.0948. The molecule has 3 rings (SSSR count). The summed E-state index contributed by atoms with van der Waals surface area (Å²) in [5.74, 6) is -0.125. The first-order valence-corrected chi connectivity index (χ1v) is 8.57. The summed E-state index contributed by atoms with van der Waals surface area (Å²) in [4.78, 5) is 12.1. The molecule has 1 aliphatic carbocycles. The van der Waals surface area contributed by atoms with Crippen molar-refractivity contribution in [1.82, 2.24) is 20.3 Å². The average molecular weight is 312 g/mol. The van der Waals surface area contributed by atoms with Gasteiger partial charge >= 0.3 is 0 Å². The van der Waals surface area contributed by atoms with Crippen molar-refractivity contribution in [3.63, 3.8) is 0 Å². The van der Waals surface area contributed by atoms with Gasteiger partial charge in [0.15, 0.2) is 5.69 Å². The Morgan fingerprint density at radius 3 is 2.74 bits per heavy atom. The molecule has 1 heterocycles. The van der Waals surface area contributed by atoms with Crippen LogP contribution >= 0.6 is 0 Å². The number of aromatic nitrogens is 3. The summed E-state index contributed by atoms with van der Waals surface area (Å²) in [5, 5.41) is 11.1. The highest BCUT2D eigenvalue weighted by Gasteiger charge is 2.18. The molecule has 1 N–H and O–H groups in total. The molecule has 0 saturated heterocycles. The molecule has 2 aromatic rings. The number of rotatable bonds is 6. The topological polar surface area (TPSA) is 59.8 Å². The smallest absolute Gasteiger partial charge is 0.273 e. The van der Waals surface area contributed by atoms with Gasteiger partial charge in [-0.1, -0.05) is 54.8 Å². The second-order valence-corrected chi connectivity index (χ2v) is 6.22. The molecule has 1 amide bonds. The van der Waals surface area contributed by atoms with Gasteiger partial charge in [-0.05, 0) is 31.2 Å². The van der Waals surface area contributed by atoms with Crippen LogP contribution < -0.4 is 5.32 Å². The number of benzene rings is 1. The second kappa shape index (κ2) is 7.90. The van der Waals surface area contributed by atoms with Crippen molar-refractivity contribution >= 4 is 5.91 Å². The third-order valence-electron chi connectivity index (χ3n) is 4.46. The van der Waals surface area contributed by atoms with E-state index in [2.05, 4.69) is 27.8 Å². The standard InChI is InChI=1S/C18H24N4O/c23-18(19-13-7-10-15-8-3-1-4-9-15)17-14-22(21-20-17)16-11-5-2-6-12-16/h1,3-4,8-9,14,16H,2,5-7,10-13H2,(H,19,23). The van der Waals surface area contributed by atoms with Crippen LogP contribution in [-0.2, 0) is 6.42 Å². The molecule has 1 aromatic carbocycles. The van der Waals surface area contributed by atoms with Gasteiger partial charge in [0, 0.05) is 6.54 Å². The molecule has 1 fully saturated rings. The molecule has 1 aromatic heterocycles. The van der Waals surface area contributed by atoms with Crippen molar-refractivity contribution in [2.24, 2.45) is 0 Å². The molecule has 0 spiro atoms. The predicted octanol–water partition coefficient (Wildman–Crippen LogP) is 3.15. The molecule has 0 unspecified atom stereocenters. The fourth-order valence-electron chi connectivity index (χ4n) is 3.13. The molecule has 5 nitrogen and oxygen atoms in total. The zero-order valence-corrected chi connectivity index (χ0v) is 13.4. The number of nitrogens with zero attached hydrogens (tertiary/aromatic N) is 3. The van der Waals surface area contributed by atoms with E-state index in [0.717, 1.165) is 25.7 Å². The van der Waals surface area contributed by atoms with E-state index in [1.807, 2.05) is 22.9 Å². The Morgan fingerprint density at radius 2 is 1.96 bits per heavy atom. The fraction of sp³-hybridized carbons (Fsp3) is 0.500. The van der Waals surface area contributed by atoms with Gasteiger partial charge in [-0.15, -0.1) is 5.10 Å². The van der Waals surface area contributed by atoms with Crippen molar-refractivity contribution in [1.29, 1.82) is 0 Å². The molecular weight excluding hydrogens is 288 g/mol. The maximum Gasteiger partial charge on any atom is 0.273 e. The Bertz CT molecular complexity index is 617. The van der Waals surface area contributed by atoms with Crippen molar-refractivity contribution < 1.29 is 4.79 Å². The van der Waals surface area contributed by atoms with Crippen molar-refractivity contribution in [3.8, 4) is 0 Å². The number of nitrogens with one attached hydrogen (secondary N) is 1. The first-order chi connectivity index (χ1) is 11.3. The molecule has 0 aliphatic heterocycles. The first-order valence-electron chi connectivity index (χ1n) is 8.57. The third-order valence-corrected chi connectivity index (χ3v) is 4.46. The fourth-order valence-corrected chi connectivity index (χ4v) is 3.13. The van der Waals surface area contributed by atoms with Gasteiger partial charge in [-0.2, -0.15) is 0 Å². The van der Waals surface area contributed by atoms with Crippen LogP contribution in [0.5, 0.6) is 0 Å². The van der Waals surface area contributed by atoms with Crippen LogP contribution in [0.1, 0.15) is 60.6 Å². The van der Waals surface area contributed by atoms with E-state index in [-0.39, 0.29) is 5.91 Å². The van der Waals surface area contributed by atoms with Gasteiger partial charge in [0.25, 0.3) is 5.91 Å². The monoisotopic (exact) mass is 312 g/mol. The Hall–Kier alpha value is -2.17. The molecule has 0 bridgehead atoms. The second-order valence-electron chi connectivity index (χ2n) is 6.22. The van der Waals surface area contributed by atoms with Gasteiger partial charge < -0.3 is 5.32 Å². The number of carbonyl (C=O) groups excluding carboxylic acids is 1. The highest BCUT2D eigenvalue weighted by atomic mass is 16.2. The van der Waals surface area contributed by atoms with E-state index in [0.29, 0.717) is 18.3 Å². The van der Waals surface area contributed by atoms with Gasteiger partial charge in [0.2, 0.25) is 0 Å². The normalized spacial score (nSPS) is 15.5. The maximum atomic E-state index is 12.1. The lowest BCUT2D eigenvalue weighted by atomic mass is 9.96. The summed E-state index contributed by atoms with van der Waals surface area (Å²) in [7, 11) is 0. The van der Waals surface area contributed by atoms with Gasteiger partial charge in [-0.3, -0.25) is 4.79 Å². The number of hydrogen-bond donors (Lipinski definition) is 1. The predicted molar refractivity (Wildman–Crippen MR) is 89.2 cm³/mol. The third kappa shape index (κ3) is 4.41. The summed E-state index contributed by atoms with van der Waals surface area (Å²) in [5.41, 5.74) is 1.72. The Labute approximate surface area is 137 Å². The Balaban J connectivity index is 1.44. The van der Waals surface area contributed by atoms with E-state index in [9.17, 15) is 4.79 Å². The molecule has 0 radical (unpaired) electrons. The summed E-state index contributed by atoms with van der Waals surface area (Å²) >= 11 is 0. The number of amides is 1.